The summed E-state index contributed by atoms with van der Waals surface area (Å²) in [5.41, 5.74) is 2.77. The number of hydrogen-bond acceptors (Lipinski definition) is 4. The lowest BCUT2D eigenvalue weighted by Crippen LogP contribution is -2.50. The first-order valence-corrected chi connectivity index (χ1v) is 8.70. The van der Waals surface area contributed by atoms with Crippen LogP contribution in [-0.4, -0.2) is 34.7 Å². The van der Waals surface area contributed by atoms with E-state index in [4.69, 9.17) is 4.74 Å². The van der Waals surface area contributed by atoms with Gasteiger partial charge in [-0.2, -0.15) is 5.10 Å². The van der Waals surface area contributed by atoms with Gasteiger partial charge in [0.15, 0.2) is 0 Å². The molecule has 1 saturated heterocycles. The predicted molar refractivity (Wildman–Crippen MR) is 96.7 cm³/mol. The zero-order valence-electron chi connectivity index (χ0n) is 15.3. The van der Waals surface area contributed by atoms with E-state index in [0.29, 0.717) is 12.8 Å². The molecule has 2 aromatic rings. The number of ether oxygens (including phenoxy) is 1. The number of nitrogens with one attached hydrogen (secondary N) is 2. The van der Waals surface area contributed by atoms with E-state index in [-0.39, 0.29) is 30.4 Å². The van der Waals surface area contributed by atoms with Crippen LogP contribution in [0.1, 0.15) is 35.8 Å². The van der Waals surface area contributed by atoms with Crippen molar-refractivity contribution in [2.24, 2.45) is 0 Å². The van der Waals surface area contributed by atoms with Crippen LogP contribution < -0.4 is 15.4 Å². The quantitative estimate of drug-likeness (QED) is 0.853. The van der Waals surface area contributed by atoms with Gasteiger partial charge >= 0.3 is 0 Å². The highest BCUT2D eigenvalue weighted by molar-refractivity contribution is 5.79. The van der Waals surface area contributed by atoms with Crippen LogP contribution in [0.4, 0.5) is 0 Å². The molecule has 2 amide bonds. The topological polar surface area (TPSA) is 85.3 Å². The predicted octanol–water partition coefficient (Wildman–Crippen LogP) is 1.64. The number of piperidine rings is 1. The minimum Gasteiger partial charge on any atom is -0.497 e. The van der Waals surface area contributed by atoms with E-state index in [0.717, 1.165) is 22.7 Å². The highest BCUT2D eigenvalue weighted by atomic mass is 16.5. The van der Waals surface area contributed by atoms with Crippen LogP contribution in [0.5, 0.6) is 5.75 Å². The van der Waals surface area contributed by atoms with Crippen LogP contribution in [0.25, 0.3) is 0 Å². The molecule has 0 radical (unpaired) electrons. The maximum Gasteiger partial charge on any atom is 0.242 e. The molecule has 1 fully saturated rings. The molecule has 26 heavy (non-hydrogen) atoms. The van der Waals surface area contributed by atoms with Gasteiger partial charge in [-0.25, -0.2) is 0 Å². The van der Waals surface area contributed by atoms with Crippen LogP contribution in [0.2, 0.25) is 0 Å². The fourth-order valence-electron chi connectivity index (χ4n) is 3.31. The maximum absolute atomic E-state index is 12.5. The molecule has 2 unspecified atom stereocenters. The van der Waals surface area contributed by atoms with Gasteiger partial charge in [0, 0.05) is 12.1 Å². The second kappa shape index (κ2) is 7.59. The normalized spacial score (nSPS) is 19.7. The second-order valence-corrected chi connectivity index (χ2v) is 6.62. The van der Waals surface area contributed by atoms with Crippen molar-refractivity contribution < 1.29 is 14.3 Å². The van der Waals surface area contributed by atoms with E-state index in [1.165, 1.54) is 0 Å². The number of hydrogen-bond donors (Lipinski definition) is 2. The van der Waals surface area contributed by atoms with E-state index in [9.17, 15) is 9.59 Å². The molecular weight excluding hydrogens is 332 g/mol. The summed E-state index contributed by atoms with van der Waals surface area (Å²) in [7, 11) is 1.61. The Labute approximate surface area is 152 Å². The van der Waals surface area contributed by atoms with E-state index in [2.05, 4.69) is 15.7 Å². The number of methoxy groups -OCH3 is 1. The number of aromatic nitrogens is 2. The number of nitrogens with zero attached hydrogens (tertiary/aromatic N) is 2. The van der Waals surface area contributed by atoms with Crippen LogP contribution in [0.15, 0.2) is 30.3 Å². The lowest BCUT2D eigenvalue weighted by molar-refractivity contribution is -0.127. The summed E-state index contributed by atoms with van der Waals surface area (Å²) in [6.45, 7) is 3.99. The molecule has 1 aliphatic rings. The van der Waals surface area contributed by atoms with Gasteiger partial charge in [0.2, 0.25) is 11.8 Å². The van der Waals surface area contributed by atoms with Crippen LogP contribution >= 0.6 is 0 Å². The average Bonchev–Trinajstić information content (AvgIpc) is 2.93. The van der Waals surface area contributed by atoms with Crippen LogP contribution in [0.3, 0.4) is 0 Å². The Hall–Kier alpha value is -2.83. The summed E-state index contributed by atoms with van der Waals surface area (Å²) in [6, 6.07) is 9.05. The monoisotopic (exact) mass is 356 g/mol. The lowest BCUT2D eigenvalue weighted by Gasteiger charge is -2.33. The number of carbonyl (C=O) groups excluding carboxylic acids is 2. The Balaban J connectivity index is 1.72. The summed E-state index contributed by atoms with van der Waals surface area (Å²) in [6.07, 6.45) is 1.00. The summed E-state index contributed by atoms with van der Waals surface area (Å²) in [5, 5.41) is 10.4. The number of benzene rings is 1. The Kier molecular flexibility index (Phi) is 5.25. The molecule has 1 aromatic carbocycles. The minimum atomic E-state index is -0.258. The fraction of sp³-hybridized carbons (Fsp3) is 0.421. The van der Waals surface area contributed by atoms with Crippen molar-refractivity contribution in [3.05, 3.63) is 47.3 Å². The lowest BCUT2D eigenvalue weighted by atomic mass is 9.92. The molecule has 0 saturated carbocycles. The molecule has 7 heteroatoms. The number of amides is 2. The molecule has 2 atom stereocenters. The second-order valence-electron chi connectivity index (χ2n) is 6.62. The summed E-state index contributed by atoms with van der Waals surface area (Å²) in [4.78, 5) is 24.4. The third-order valence-electron chi connectivity index (χ3n) is 4.62. The molecule has 2 N–H and O–H groups in total. The molecule has 138 valence electrons. The third kappa shape index (κ3) is 4.04. The molecule has 0 aliphatic carbocycles. The fourth-order valence-corrected chi connectivity index (χ4v) is 3.31. The van der Waals surface area contributed by atoms with Gasteiger partial charge in [0.25, 0.3) is 0 Å². The zero-order chi connectivity index (χ0) is 18.7. The Bertz CT molecular complexity index is 798. The van der Waals surface area contributed by atoms with Crippen molar-refractivity contribution in [1.29, 1.82) is 0 Å². The first-order chi connectivity index (χ1) is 12.5. The number of aryl methyl sites for hydroxylation is 2. The molecule has 7 nitrogen and oxygen atoms in total. The van der Waals surface area contributed by atoms with Gasteiger partial charge in [-0.05, 0) is 44.0 Å². The molecule has 0 bridgehead atoms. The van der Waals surface area contributed by atoms with Gasteiger partial charge in [0.1, 0.15) is 12.3 Å². The molecule has 0 spiro atoms. The third-order valence-corrected chi connectivity index (χ3v) is 4.62. The molecular formula is C19H24N4O3. The minimum absolute atomic E-state index is 0.00476. The average molecular weight is 356 g/mol. The standard InChI is InChI=1S/C19H24N4O3/c1-12-10-13(2)23(22-12)11-18(25)20-16-8-9-17(24)21-19(16)14-4-6-15(26-3)7-5-14/h4-7,10,16,19H,8-9,11H2,1-3H3,(H,20,25)(H,21,24). The van der Waals surface area contributed by atoms with Crippen molar-refractivity contribution in [1.82, 2.24) is 20.4 Å². The van der Waals surface area contributed by atoms with Gasteiger partial charge in [-0.1, -0.05) is 12.1 Å². The largest absolute Gasteiger partial charge is 0.497 e. The molecule has 1 aromatic heterocycles. The van der Waals surface area contributed by atoms with E-state index in [1.54, 1.807) is 11.8 Å². The van der Waals surface area contributed by atoms with Gasteiger partial charge in [-0.15, -0.1) is 0 Å². The highest BCUT2D eigenvalue weighted by Crippen LogP contribution is 2.26. The first kappa shape index (κ1) is 18.0. The molecule has 1 aliphatic heterocycles. The summed E-state index contributed by atoms with van der Waals surface area (Å²) in [5.74, 6) is 0.631. The van der Waals surface area contributed by atoms with E-state index in [1.807, 2.05) is 44.2 Å². The summed E-state index contributed by atoms with van der Waals surface area (Å²) < 4.78 is 6.87. The summed E-state index contributed by atoms with van der Waals surface area (Å²) >= 11 is 0. The van der Waals surface area contributed by atoms with Gasteiger partial charge < -0.3 is 15.4 Å². The van der Waals surface area contributed by atoms with Gasteiger partial charge in [-0.3, -0.25) is 14.3 Å². The Morgan fingerprint density at radius 2 is 2.08 bits per heavy atom. The van der Waals surface area contributed by atoms with Crippen molar-refractivity contribution in [2.75, 3.05) is 7.11 Å². The molecule has 3 rings (SSSR count). The highest BCUT2D eigenvalue weighted by Gasteiger charge is 2.31. The number of rotatable bonds is 5. The SMILES string of the molecule is COc1ccc(C2NC(=O)CCC2NC(=O)Cn2nc(C)cc2C)cc1. The smallest absolute Gasteiger partial charge is 0.242 e. The maximum atomic E-state index is 12.5. The Morgan fingerprint density at radius 1 is 1.35 bits per heavy atom. The van der Waals surface area contributed by atoms with Crippen molar-refractivity contribution >= 4 is 11.8 Å². The van der Waals surface area contributed by atoms with Crippen molar-refractivity contribution in [3.63, 3.8) is 0 Å². The molecule has 2 heterocycles. The van der Waals surface area contributed by atoms with Crippen LogP contribution in [0, 0.1) is 13.8 Å². The van der Waals surface area contributed by atoms with Gasteiger partial charge in [0.05, 0.1) is 24.9 Å². The van der Waals surface area contributed by atoms with E-state index < -0.39 is 0 Å². The van der Waals surface area contributed by atoms with E-state index >= 15 is 0 Å². The Morgan fingerprint density at radius 3 is 2.69 bits per heavy atom. The van der Waals surface area contributed by atoms with Crippen LogP contribution in [-0.2, 0) is 16.1 Å². The van der Waals surface area contributed by atoms with Crippen molar-refractivity contribution in [2.45, 2.75) is 45.3 Å². The first-order valence-electron chi connectivity index (χ1n) is 8.70. The number of carbonyl (C=O) groups is 2. The zero-order valence-corrected chi connectivity index (χ0v) is 15.3. The van der Waals surface area contributed by atoms with Crippen molar-refractivity contribution in [3.8, 4) is 5.75 Å².